The summed E-state index contributed by atoms with van der Waals surface area (Å²) in [5.41, 5.74) is 1.60. The molecule has 1 heterocycles. The Hall–Kier alpha value is -1.57. The molecule has 1 aromatic carbocycles. The molecule has 142 valence electrons. The normalized spacial score (nSPS) is 12.7. The lowest BCUT2D eigenvalue weighted by Gasteiger charge is -2.23. The van der Waals surface area contributed by atoms with E-state index in [-0.39, 0.29) is 10.8 Å². The second-order valence-electron chi connectivity index (χ2n) is 5.94. The zero-order chi connectivity index (χ0) is 19.5. The molecule has 8 heteroatoms. The van der Waals surface area contributed by atoms with Gasteiger partial charge in [-0.25, -0.2) is 8.42 Å². The van der Waals surface area contributed by atoms with Crippen LogP contribution in [0.4, 0.5) is 5.69 Å². The molecule has 0 saturated carbocycles. The van der Waals surface area contributed by atoms with Crippen LogP contribution < -0.4 is 4.72 Å². The Morgan fingerprint density at radius 1 is 1.27 bits per heavy atom. The van der Waals surface area contributed by atoms with Crippen LogP contribution >= 0.6 is 22.9 Å². The number of carbonyl (C=O) groups is 1. The van der Waals surface area contributed by atoms with Crippen LogP contribution in [-0.4, -0.2) is 32.3 Å². The summed E-state index contributed by atoms with van der Waals surface area (Å²) in [7, 11) is -3.80. The average Bonchev–Trinajstić information content (AvgIpc) is 3.04. The van der Waals surface area contributed by atoms with Crippen molar-refractivity contribution < 1.29 is 13.2 Å². The van der Waals surface area contributed by atoms with Gasteiger partial charge in [-0.3, -0.25) is 9.52 Å². The van der Waals surface area contributed by atoms with Crippen molar-refractivity contribution in [2.75, 3.05) is 17.8 Å². The van der Waals surface area contributed by atoms with Crippen molar-refractivity contribution in [3.8, 4) is 0 Å². The Labute approximate surface area is 164 Å². The van der Waals surface area contributed by atoms with Crippen LogP contribution in [0.25, 0.3) is 0 Å². The largest absolute Gasteiger partial charge is 0.343 e. The summed E-state index contributed by atoms with van der Waals surface area (Å²) in [4.78, 5) is 14.5. The molecule has 5 nitrogen and oxygen atoms in total. The number of sulfonamides is 1. The highest BCUT2D eigenvalue weighted by Crippen LogP contribution is 2.32. The van der Waals surface area contributed by atoms with E-state index in [9.17, 15) is 13.2 Å². The third-order valence-corrected chi connectivity index (χ3v) is 7.04. The van der Waals surface area contributed by atoms with Gasteiger partial charge in [-0.1, -0.05) is 17.7 Å². The zero-order valence-corrected chi connectivity index (χ0v) is 17.6. The van der Waals surface area contributed by atoms with Crippen LogP contribution in [0.15, 0.2) is 33.9 Å². The number of benzene rings is 1. The molecule has 0 saturated heterocycles. The van der Waals surface area contributed by atoms with Crippen molar-refractivity contribution in [3.63, 3.8) is 0 Å². The number of hydrogen-bond acceptors (Lipinski definition) is 4. The van der Waals surface area contributed by atoms with Gasteiger partial charge in [-0.15, -0.1) is 11.3 Å². The van der Waals surface area contributed by atoms with Crippen molar-refractivity contribution in [3.05, 3.63) is 45.1 Å². The molecule has 2 aromatic rings. The van der Waals surface area contributed by atoms with Crippen molar-refractivity contribution in [1.29, 1.82) is 0 Å². The molecule has 1 N–H and O–H groups in total. The smallest absolute Gasteiger partial charge is 0.262 e. The first-order valence-electron chi connectivity index (χ1n) is 8.35. The second-order valence-corrected chi connectivity index (χ2v) is 8.74. The Kier molecular flexibility index (Phi) is 6.71. The summed E-state index contributed by atoms with van der Waals surface area (Å²) >= 11 is 7.41. The van der Waals surface area contributed by atoms with Gasteiger partial charge in [0.2, 0.25) is 5.91 Å². The predicted octanol–water partition coefficient (Wildman–Crippen LogP) is 4.48. The summed E-state index contributed by atoms with van der Waals surface area (Å²) in [5.74, 6) is -0.452. The van der Waals surface area contributed by atoms with Gasteiger partial charge >= 0.3 is 0 Å². The lowest BCUT2D eigenvalue weighted by molar-refractivity contribution is -0.132. The van der Waals surface area contributed by atoms with Crippen molar-refractivity contribution in [2.24, 2.45) is 0 Å². The molecular formula is C18H23ClN2O3S2. The van der Waals surface area contributed by atoms with E-state index < -0.39 is 15.9 Å². The molecule has 1 atom stereocenters. The number of nitrogens with zero attached hydrogens (tertiary/aromatic N) is 1. The first kappa shape index (κ1) is 20.7. The standard InChI is InChI=1S/C18H23ClN2O3S2/c1-5-21(6-2)18(22)12(3)14-10-25-11-16(14)20-26(23,24)17-9-7-8-15(19)13(17)4/h7-12,20H,5-6H2,1-4H3. The maximum Gasteiger partial charge on any atom is 0.262 e. The fourth-order valence-corrected chi connectivity index (χ4v) is 5.27. The van der Waals surface area contributed by atoms with E-state index in [1.165, 1.54) is 17.4 Å². The quantitative estimate of drug-likeness (QED) is 0.726. The minimum absolute atomic E-state index is 0.0206. The van der Waals surface area contributed by atoms with Gasteiger partial charge in [-0.2, -0.15) is 0 Å². The minimum atomic E-state index is -3.80. The lowest BCUT2D eigenvalue weighted by Crippen LogP contribution is -2.34. The van der Waals surface area contributed by atoms with Gasteiger partial charge < -0.3 is 4.90 Å². The number of hydrogen-bond donors (Lipinski definition) is 1. The number of amides is 1. The SMILES string of the molecule is CCN(CC)C(=O)C(C)c1cscc1NS(=O)(=O)c1cccc(Cl)c1C. The molecule has 1 aromatic heterocycles. The number of likely N-dealkylation sites (N-methyl/N-ethyl adjacent to an activating group) is 1. The van der Waals surface area contributed by atoms with E-state index >= 15 is 0 Å². The van der Waals surface area contributed by atoms with Gasteiger partial charge in [0.1, 0.15) is 0 Å². The molecule has 2 rings (SSSR count). The molecule has 0 aliphatic carbocycles. The summed E-state index contributed by atoms with van der Waals surface area (Å²) in [6.45, 7) is 8.54. The van der Waals surface area contributed by atoms with Crippen molar-refractivity contribution in [1.82, 2.24) is 4.90 Å². The number of anilines is 1. The molecular weight excluding hydrogens is 392 g/mol. The number of thiophene rings is 1. The van der Waals surface area contributed by atoms with Crippen LogP contribution in [0.1, 0.15) is 37.8 Å². The monoisotopic (exact) mass is 414 g/mol. The number of rotatable bonds is 7. The van der Waals surface area contributed by atoms with Gasteiger partial charge in [0.25, 0.3) is 10.0 Å². The third-order valence-electron chi connectivity index (χ3n) is 4.36. The van der Waals surface area contributed by atoms with Crippen LogP contribution in [0.2, 0.25) is 5.02 Å². The zero-order valence-electron chi connectivity index (χ0n) is 15.2. The topological polar surface area (TPSA) is 66.5 Å². The first-order chi connectivity index (χ1) is 12.2. The molecule has 0 spiro atoms. The molecule has 0 fully saturated rings. The number of nitrogens with one attached hydrogen (secondary N) is 1. The van der Waals surface area contributed by atoms with E-state index in [1.54, 1.807) is 36.3 Å². The van der Waals surface area contributed by atoms with Gasteiger partial charge in [0.05, 0.1) is 16.5 Å². The van der Waals surface area contributed by atoms with Crippen molar-refractivity contribution in [2.45, 2.75) is 38.5 Å². The fraction of sp³-hybridized carbons (Fsp3) is 0.389. The Morgan fingerprint density at radius 3 is 2.54 bits per heavy atom. The maximum atomic E-state index is 12.8. The van der Waals surface area contributed by atoms with Crippen LogP contribution in [0.3, 0.4) is 0 Å². The van der Waals surface area contributed by atoms with Crippen LogP contribution in [0.5, 0.6) is 0 Å². The van der Waals surface area contributed by atoms with E-state index in [4.69, 9.17) is 11.6 Å². The Bertz CT molecular complexity index is 890. The highest BCUT2D eigenvalue weighted by atomic mass is 35.5. The summed E-state index contributed by atoms with van der Waals surface area (Å²) in [6, 6.07) is 4.77. The minimum Gasteiger partial charge on any atom is -0.343 e. The summed E-state index contributed by atoms with van der Waals surface area (Å²) < 4.78 is 28.2. The van der Waals surface area contributed by atoms with Crippen LogP contribution in [-0.2, 0) is 14.8 Å². The molecule has 26 heavy (non-hydrogen) atoms. The van der Waals surface area contributed by atoms with Crippen LogP contribution in [0, 0.1) is 6.92 Å². The van der Waals surface area contributed by atoms with Gasteiger partial charge in [0, 0.05) is 23.5 Å². The number of halogens is 1. The fourth-order valence-electron chi connectivity index (χ4n) is 2.75. The lowest BCUT2D eigenvalue weighted by atomic mass is 10.0. The molecule has 1 unspecified atom stereocenters. The Balaban J connectivity index is 2.34. The van der Waals surface area contributed by atoms with Gasteiger partial charge in [-0.05, 0) is 56.3 Å². The Morgan fingerprint density at radius 2 is 1.92 bits per heavy atom. The summed E-state index contributed by atoms with van der Waals surface area (Å²) in [5, 5.41) is 3.91. The summed E-state index contributed by atoms with van der Waals surface area (Å²) in [6.07, 6.45) is 0. The van der Waals surface area contributed by atoms with E-state index in [0.29, 0.717) is 34.9 Å². The van der Waals surface area contributed by atoms with Crippen molar-refractivity contribution >= 4 is 44.6 Å². The van der Waals surface area contributed by atoms with E-state index in [1.807, 2.05) is 19.2 Å². The predicted molar refractivity (Wildman–Crippen MR) is 108 cm³/mol. The molecule has 1 amide bonds. The molecule has 0 aliphatic heterocycles. The highest BCUT2D eigenvalue weighted by molar-refractivity contribution is 7.92. The van der Waals surface area contributed by atoms with E-state index in [2.05, 4.69) is 4.72 Å². The maximum absolute atomic E-state index is 12.8. The third kappa shape index (κ3) is 4.22. The first-order valence-corrected chi connectivity index (χ1v) is 11.2. The van der Waals surface area contributed by atoms with E-state index in [0.717, 1.165) is 0 Å². The molecule has 0 bridgehead atoms. The number of carbonyl (C=O) groups excluding carboxylic acids is 1. The highest BCUT2D eigenvalue weighted by Gasteiger charge is 2.26. The second kappa shape index (κ2) is 8.41. The molecule has 0 radical (unpaired) electrons. The van der Waals surface area contributed by atoms with Gasteiger partial charge in [0.15, 0.2) is 0 Å². The molecule has 0 aliphatic rings. The average molecular weight is 415 g/mol.